The number of unbranched alkanes of at least 4 members (excludes halogenated alkanes) is 15. The van der Waals surface area contributed by atoms with Crippen molar-refractivity contribution in [3.63, 3.8) is 0 Å². The van der Waals surface area contributed by atoms with Crippen LogP contribution in [0.5, 0.6) is 0 Å². The second-order valence-electron chi connectivity index (χ2n) is 11.0. The summed E-state index contributed by atoms with van der Waals surface area (Å²) in [6.45, 7) is 10.0. The van der Waals surface area contributed by atoms with Crippen LogP contribution >= 0.6 is 0 Å². The van der Waals surface area contributed by atoms with E-state index in [1.165, 1.54) is 135 Å². The van der Waals surface area contributed by atoms with Crippen molar-refractivity contribution >= 4 is 5.78 Å². The Labute approximate surface area is 216 Å². The third-order valence-electron chi connectivity index (χ3n) is 7.63. The van der Waals surface area contributed by atoms with E-state index in [-0.39, 0.29) is 0 Å². The van der Waals surface area contributed by atoms with E-state index in [2.05, 4.69) is 33.0 Å². The third kappa shape index (κ3) is 22.1. The van der Waals surface area contributed by atoms with E-state index < -0.39 is 0 Å². The molecule has 0 aliphatic heterocycles. The Morgan fingerprint density at radius 2 is 0.853 bits per heavy atom. The summed E-state index contributed by atoms with van der Waals surface area (Å²) in [4.78, 5) is 13.1. The molecule has 2 nitrogen and oxygen atoms in total. The maximum atomic E-state index is 13.1. The number of hydrogen-bond acceptors (Lipinski definition) is 2. The molecule has 34 heavy (non-hydrogen) atoms. The summed E-state index contributed by atoms with van der Waals surface area (Å²) in [6.07, 6.45) is 30.9. The van der Waals surface area contributed by atoms with Crippen LogP contribution in [0.15, 0.2) is 0 Å². The molecule has 1 atom stereocenters. The molecule has 0 spiro atoms. The van der Waals surface area contributed by atoms with Gasteiger partial charge in [-0.2, -0.15) is 0 Å². The van der Waals surface area contributed by atoms with Crippen LogP contribution in [-0.4, -0.2) is 18.4 Å². The van der Waals surface area contributed by atoms with E-state index in [0.29, 0.717) is 17.7 Å². The zero-order chi connectivity index (χ0) is 25.1. The molecule has 0 aliphatic carbocycles. The molecular formula is C32H65NO. The van der Waals surface area contributed by atoms with Crippen LogP contribution in [0.2, 0.25) is 0 Å². The normalized spacial score (nSPS) is 12.5. The molecule has 0 heterocycles. The minimum Gasteiger partial charge on any atom is -0.314 e. The molecule has 2 heteroatoms. The molecule has 0 aromatic rings. The summed E-state index contributed by atoms with van der Waals surface area (Å²) < 4.78 is 0. The Morgan fingerprint density at radius 1 is 0.500 bits per heavy atom. The van der Waals surface area contributed by atoms with Gasteiger partial charge < -0.3 is 5.32 Å². The van der Waals surface area contributed by atoms with E-state index in [1.807, 2.05) is 0 Å². The van der Waals surface area contributed by atoms with E-state index in [9.17, 15) is 4.79 Å². The van der Waals surface area contributed by atoms with E-state index >= 15 is 0 Å². The molecular weight excluding hydrogens is 414 g/mol. The van der Waals surface area contributed by atoms with Gasteiger partial charge in [-0.3, -0.25) is 4.79 Å². The standard InChI is InChI=1S/C32H65NO/c1-5-9-13-17-21-25-30(24-20-16-12-8-4)32(34)28-29-33-31(26-22-18-14-10-6-2)27-23-19-15-11-7-3/h30-31,33H,5-29H2,1-4H3. The van der Waals surface area contributed by atoms with Crippen LogP contribution in [0.1, 0.15) is 182 Å². The first-order valence-corrected chi connectivity index (χ1v) is 16.0. The predicted molar refractivity (Wildman–Crippen MR) is 154 cm³/mol. The fourth-order valence-corrected chi connectivity index (χ4v) is 5.22. The summed E-state index contributed by atoms with van der Waals surface area (Å²) in [6, 6.07) is 0.619. The minimum atomic E-state index is 0.321. The molecule has 0 aliphatic rings. The summed E-state index contributed by atoms with van der Waals surface area (Å²) in [5, 5.41) is 3.83. The van der Waals surface area contributed by atoms with Gasteiger partial charge in [0.15, 0.2) is 0 Å². The van der Waals surface area contributed by atoms with Gasteiger partial charge in [-0.1, -0.05) is 150 Å². The molecule has 0 saturated carbocycles. The number of carbonyl (C=O) groups excluding carboxylic acids is 1. The van der Waals surface area contributed by atoms with Crippen LogP contribution in [0.25, 0.3) is 0 Å². The Hall–Kier alpha value is -0.370. The maximum absolute atomic E-state index is 13.1. The molecule has 0 fully saturated rings. The third-order valence-corrected chi connectivity index (χ3v) is 7.63. The highest BCUT2D eigenvalue weighted by atomic mass is 16.1. The van der Waals surface area contributed by atoms with Gasteiger partial charge in [0.25, 0.3) is 0 Å². The lowest BCUT2D eigenvalue weighted by atomic mass is 9.89. The Bertz CT molecular complexity index is 394. The van der Waals surface area contributed by atoms with Crippen molar-refractivity contribution in [2.75, 3.05) is 6.54 Å². The van der Waals surface area contributed by atoms with Crippen LogP contribution in [0.3, 0.4) is 0 Å². The predicted octanol–water partition coefficient (Wildman–Crippen LogP) is 10.6. The quantitative estimate of drug-likeness (QED) is 0.113. The average Bonchev–Trinajstić information content (AvgIpc) is 2.84. The first kappa shape index (κ1) is 33.6. The monoisotopic (exact) mass is 480 g/mol. The van der Waals surface area contributed by atoms with Gasteiger partial charge in [0.2, 0.25) is 0 Å². The van der Waals surface area contributed by atoms with Gasteiger partial charge in [-0.15, -0.1) is 0 Å². The lowest BCUT2D eigenvalue weighted by molar-refractivity contribution is -0.123. The summed E-state index contributed by atoms with van der Waals surface area (Å²) >= 11 is 0. The van der Waals surface area contributed by atoms with Crippen molar-refractivity contribution in [1.82, 2.24) is 5.32 Å². The largest absolute Gasteiger partial charge is 0.314 e. The van der Waals surface area contributed by atoms with Gasteiger partial charge >= 0.3 is 0 Å². The Kier molecular flexibility index (Phi) is 26.9. The summed E-state index contributed by atoms with van der Waals surface area (Å²) in [5.74, 6) is 0.867. The lowest BCUT2D eigenvalue weighted by Gasteiger charge is -2.20. The minimum absolute atomic E-state index is 0.321. The molecule has 204 valence electrons. The van der Waals surface area contributed by atoms with Crippen molar-refractivity contribution in [3.05, 3.63) is 0 Å². The first-order valence-electron chi connectivity index (χ1n) is 16.0. The van der Waals surface area contributed by atoms with Crippen molar-refractivity contribution in [3.8, 4) is 0 Å². The second kappa shape index (κ2) is 27.2. The first-order chi connectivity index (χ1) is 16.7. The number of Topliss-reactive ketones (excluding diaryl/α,β-unsaturated/α-hetero) is 1. The second-order valence-corrected chi connectivity index (χ2v) is 11.0. The lowest BCUT2D eigenvalue weighted by Crippen LogP contribution is -2.32. The smallest absolute Gasteiger partial charge is 0.137 e. The van der Waals surface area contributed by atoms with E-state index in [4.69, 9.17) is 0 Å². The van der Waals surface area contributed by atoms with Crippen molar-refractivity contribution in [2.45, 2.75) is 188 Å². The van der Waals surface area contributed by atoms with Crippen LogP contribution in [-0.2, 0) is 4.79 Å². The maximum Gasteiger partial charge on any atom is 0.137 e. The number of carbonyl (C=O) groups is 1. The molecule has 0 saturated heterocycles. The average molecular weight is 480 g/mol. The van der Waals surface area contributed by atoms with Gasteiger partial charge in [-0.25, -0.2) is 0 Å². The van der Waals surface area contributed by atoms with Crippen LogP contribution in [0.4, 0.5) is 0 Å². The zero-order valence-electron chi connectivity index (χ0n) is 24.2. The zero-order valence-corrected chi connectivity index (χ0v) is 24.2. The van der Waals surface area contributed by atoms with Crippen molar-refractivity contribution in [2.24, 2.45) is 5.92 Å². The number of rotatable bonds is 28. The number of hydrogen-bond donors (Lipinski definition) is 1. The fourth-order valence-electron chi connectivity index (χ4n) is 5.22. The molecule has 0 aromatic heterocycles. The van der Waals surface area contributed by atoms with Gasteiger partial charge in [-0.05, 0) is 25.7 Å². The summed E-state index contributed by atoms with van der Waals surface area (Å²) in [7, 11) is 0. The highest BCUT2D eigenvalue weighted by Crippen LogP contribution is 2.21. The molecule has 1 N–H and O–H groups in total. The number of ketones is 1. The van der Waals surface area contributed by atoms with Gasteiger partial charge in [0.1, 0.15) is 5.78 Å². The van der Waals surface area contributed by atoms with Crippen molar-refractivity contribution < 1.29 is 4.79 Å². The molecule has 0 aromatic carbocycles. The fraction of sp³-hybridized carbons (Fsp3) is 0.969. The van der Waals surface area contributed by atoms with Crippen LogP contribution < -0.4 is 5.32 Å². The van der Waals surface area contributed by atoms with Crippen LogP contribution in [0, 0.1) is 5.92 Å². The Balaban J connectivity index is 4.46. The van der Waals surface area contributed by atoms with E-state index in [0.717, 1.165) is 25.8 Å². The molecule has 0 bridgehead atoms. The van der Waals surface area contributed by atoms with Gasteiger partial charge in [0.05, 0.1) is 0 Å². The SMILES string of the molecule is CCCCCCCC(CCCCCCC)NCCC(=O)C(CCCCCC)CCCCCCC. The highest BCUT2D eigenvalue weighted by molar-refractivity contribution is 5.81. The van der Waals surface area contributed by atoms with Crippen molar-refractivity contribution in [1.29, 1.82) is 0 Å². The number of nitrogens with one attached hydrogen (secondary N) is 1. The molecule has 0 radical (unpaired) electrons. The Morgan fingerprint density at radius 3 is 1.26 bits per heavy atom. The molecule has 0 amide bonds. The molecule has 0 rings (SSSR count). The van der Waals surface area contributed by atoms with E-state index in [1.54, 1.807) is 0 Å². The topological polar surface area (TPSA) is 29.1 Å². The summed E-state index contributed by atoms with van der Waals surface area (Å²) in [5.41, 5.74) is 0. The molecule has 1 unspecified atom stereocenters. The highest BCUT2D eigenvalue weighted by Gasteiger charge is 2.18. The van der Waals surface area contributed by atoms with Gasteiger partial charge in [0, 0.05) is 24.9 Å².